The third kappa shape index (κ3) is 4.45. The van der Waals surface area contributed by atoms with Crippen molar-refractivity contribution >= 4 is 15.9 Å². The summed E-state index contributed by atoms with van der Waals surface area (Å²) in [6, 6.07) is 8.58. The monoisotopic (exact) mass is 327 g/mol. The van der Waals surface area contributed by atoms with Crippen molar-refractivity contribution in [1.82, 2.24) is 9.91 Å². The zero-order valence-electron chi connectivity index (χ0n) is 11.4. The number of halogens is 1. The van der Waals surface area contributed by atoms with E-state index in [0.717, 1.165) is 42.7 Å². The molecule has 0 aromatic heterocycles. The second-order valence-corrected chi connectivity index (χ2v) is 5.88. The largest absolute Gasteiger partial charge is 0.491 e. The SMILES string of the molecule is CN(CCOc1ccccc1Br)C1CCN(N)CC1. The van der Waals surface area contributed by atoms with E-state index >= 15 is 0 Å². The summed E-state index contributed by atoms with van der Waals surface area (Å²) in [5.41, 5.74) is 0. The number of hydrazine groups is 1. The summed E-state index contributed by atoms with van der Waals surface area (Å²) in [6.07, 6.45) is 2.28. The van der Waals surface area contributed by atoms with Gasteiger partial charge in [0.25, 0.3) is 0 Å². The van der Waals surface area contributed by atoms with Crippen LogP contribution in [-0.2, 0) is 0 Å². The zero-order chi connectivity index (χ0) is 13.7. The first kappa shape index (κ1) is 14.8. The lowest BCUT2D eigenvalue weighted by Crippen LogP contribution is -2.46. The lowest BCUT2D eigenvalue weighted by atomic mass is 10.1. The minimum Gasteiger partial charge on any atom is -0.491 e. The topological polar surface area (TPSA) is 41.7 Å². The number of hydrogen-bond acceptors (Lipinski definition) is 4. The molecule has 2 N–H and O–H groups in total. The van der Waals surface area contributed by atoms with Crippen LogP contribution in [0.15, 0.2) is 28.7 Å². The maximum Gasteiger partial charge on any atom is 0.133 e. The number of para-hydroxylation sites is 1. The summed E-state index contributed by atoms with van der Waals surface area (Å²) in [6.45, 7) is 3.62. The van der Waals surface area contributed by atoms with Crippen molar-refractivity contribution in [3.63, 3.8) is 0 Å². The van der Waals surface area contributed by atoms with Crippen LogP contribution in [0.4, 0.5) is 0 Å². The molecule has 106 valence electrons. The fraction of sp³-hybridized carbons (Fsp3) is 0.571. The van der Waals surface area contributed by atoms with Gasteiger partial charge in [0.15, 0.2) is 0 Å². The number of benzene rings is 1. The summed E-state index contributed by atoms with van der Waals surface area (Å²) in [5.74, 6) is 6.68. The third-order valence-electron chi connectivity index (χ3n) is 3.66. The average Bonchev–Trinajstić information content (AvgIpc) is 2.41. The summed E-state index contributed by atoms with van der Waals surface area (Å²) < 4.78 is 6.80. The van der Waals surface area contributed by atoms with Crippen molar-refractivity contribution < 1.29 is 4.74 Å². The number of rotatable bonds is 5. The molecule has 0 bridgehead atoms. The Morgan fingerprint density at radius 3 is 2.74 bits per heavy atom. The lowest BCUT2D eigenvalue weighted by molar-refractivity contribution is 0.115. The quantitative estimate of drug-likeness (QED) is 0.841. The van der Waals surface area contributed by atoms with Crippen LogP contribution in [0.25, 0.3) is 0 Å². The van der Waals surface area contributed by atoms with Gasteiger partial charge in [0, 0.05) is 25.7 Å². The maximum atomic E-state index is 5.80. The molecule has 4 nitrogen and oxygen atoms in total. The standard InChI is InChI=1S/C14H22BrN3O/c1-17(12-6-8-18(16)9-7-12)10-11-19-14-5-3-2-4-13(14)15/h2-5,12H,6-11,16H2,1H3. The summed E-state index contributed by atoms with van der Waals surface area (Å²) in [5, 5.41) is 1.90. The van der Waals surface area contributed by atoms with Crippen LogP contribution in [-0.4, -0.2) is 49.2 Å². The van der Waals surface area contributed by atoms with Crippen LogP contribution in [0.2, 0.25) is 0 Å². The first-order chi connectivity index (χ1) is 9.16. The molecule has 1 aliphatic heterocycles. The molecule has 0 radical (unpaired) electrons. The van der Waals surface area contributed by atoms with E-state index in [4.69, 9.17) is 10.6 Å². The van der Waals surface area contributed by atoms with Crippen LogP contribution in [0.3, 0.4) is 0 Å². The number of nitrogens with zero attached hydrogens (tertiary/aromatic N) is 2. The molecule has 1 saturated heterocycles. The molecule has 19 heavy (non-hydrogen) atoms. The molecule has 0 amide bonds. The number of nitrogens with two attached hydrogens (primary N) is 1. The first-order valence-electron chi connectivity index (χ1n) is 6.74. The maximum absolute atomic E-state index is 5.80. The Morgan fingerprint density at radius 2 is 2.05 bits per heavy atom. The molecule has 1 aromatic rings. The van der Waals surface area contributed by atoms with E-state index in [1.807, 2.05) is 29.3 Å². The summed E-state index contributed by atoms with van der Waals surface area (Å²) in [4.78, 5) is 2.38. The minimum atomic E-state index is 0.627. The molecule has 0 aliphatic carbocycles. The van der Waals surface area contributed by atoms with E-state index in [1.54, 1.807) is 0 Å². The van der Waals surface area contributed by atoms with Gasteiger partial charge in [-0.25, -0.2) is 5.01 Å². The van der Waals surface area contributed by atoms with Crippen LogP contribution < -0.4 is 10.6 Å². The molecule has 0 unspecified atom stereocenters. The van der Waals surface area contributed by atoms with E-state index in [2.05, 4.69) is 27.9 Å². The van der Waals surface area contributed by atoms with E-state index in [9.17, 15) is 0 Å². The molecular weight excluding hydrogens is 306 g/mol. The van der Waals surface area contributed by atoms with Crippen LogP contribution in [0.1, 0.15) is 12.8 Å². The average molecular weight is 328 g/mol. The molecule has 1 aromatic carbocycles. The highest BCUT2D eigenvalue weighted by Gasteiger charge is 2.20. The van der Waals surface area contributed by atoms with Gasteiger partial charge in [-0.3, -0.25) is 10.7 Å². The fourth-order valence-electron chi connectivity index (χ4n) is 2.37. The lowest BCUT2D eigenvalue weighted by Gasteiger charge is -2.34. The van der Waals surface area contributed by atoms with Crippen LogP contribution >= 0.6 is 15.9 Å². The van der Waals surface area contributed by atoms with Gasteiger partial charge in [-0.15, -0.1) is 0 Å². The van der Waals surface area contributed by atoms with Crippen molar-refractivity contribution in [2.75, 3.05) is 33.3 Å². The van der Waals surface area contributed by atoms with Gasteiger partial charge in [-0.05, 0) is 48.0 Å². The molecular formula is C14H22BrN3O. The van der Waals surface area contributed by atoms with E-state index in [0.29, 0.717) is 12.6 Å². The number of piperidine rings is 1. The molecule has 5 heteroatoms. The van der Waals surface area contributed by atoms with E-state index < -0.39 is 0 Å². The molecule has 1 aliphatic rings. The van der Waals surface area contributed by atoms with Crippen LogP contribution in [0.5, 0.6) is 5.75 Å². The summed E-state index contributed by atoms with van der Waals surface area (Å²) >= 11 is 3.49. The van der Waals surface area contributed by atoms with Crippen molar-refractivity contribution in [1.29, 1.82) is 0 Å². The van der Waals surface area contributed by atoms with Gasteiger partial charge in [0.1, 0.15) is 12.4 Å². The molecule has 0 atom stereocenters. The molecule has 0 spiro atoms. The highest BCUT2D eigenvalue weighted by Crippen LogP contribution is 2.23. The van der Waals surface area contributed by atoms with Gasteiger partial charge in [0.2, 0.25) is 0 Å². The van der Waals surface area contributed by atoms with Crippen molar-refractivity contribution in [2.24, 2.45) is 5.84 Å². The first-order valence-corrected chi connectivity index (χ1v) is 7.53. The van der Waals surface area contributed by atoms with E-state index in [1.165, 1.54) is 0 Å². The highest BCUT2D eigenvalue weighted by molar-refractivity contribution is 9.10. The fourth-order valence-corrected chi connectivity index (χ4v) is 2.77. The Bertz CT molecular complexity index is 394. The number of likely N-dealkylation sites (N-methyl/N-ethyl adjacent to an activating group) is 1. The second-order valence-electron chi connectivity index (χ2n) is 5.03. The zero-order valence-corrected chi connectivity index (χ0v) is 13.0. The van der Waals surface area contributed by atoms with Crippen molar-refractivity contribution in [3.05, 3.63) is 28.7 Å². The Balaban J connectivity index is 1.72. The third-order valence-corrected chi connectivity index (χ3v) is 4.32. The van der Waals surface area contributed by atoms with E-state index in [-0.39, 0.29) is 0 Å². The van der Waals surface area contributed by atoms with Gasteiger partial charge < -0.3 is 4.74 Å². The van der Waals surface area contributed by atoms with Gasteiger partial charge >= 0.3 is 0 Å². The van der Waals surface area contributed by atoms with Crippen molar-refractivity contribution in [3.8, 4) is 5.75 Å². The van der Waals surface area contributed by atoms with Crippen molar-refractivity contribution in [2.45, 2.75) is 18.9 Å². The molecule has 1 heterocycles. The minimum absolute atomic E-state index is 0.627. The number of hydrogen-bond donors (Lipinski definition) is 1. The van der Waals surface area contributed by atoms with Gasteiger partial charge in [-0.1, -0.05) is 12.1 Å². The van der Waals surface area contributed by atoms with Gasteiger partial charge in [-0.2, -0.15) is 0 Å². The summed E-state index contributed by atoms with van der Waals surface area (Å²) in [7, 11) is 2.17. The number of ether oxygens (including phenoxy) is 1. The van der Waals surface area contributed by atoms with Crippen LogP contribution in [0, 0.1) is 0 Å². The highest BCUT2D eigenvalue weighted by atomic mass is 79.9. The Labute approximate surface area is 123 Å². The Morgan fingerprint density at radius 1 is 1.37 bits per heavy atom. The molecule has 1 fully saturated rings. The molecule has 2 rings (SSSR count). The Hall–Kier alpha value is -0.620. The Kier molecular flexibility index (Phi) is 5.63. The second kappa shape index (κ2) is 7.24. The predicted octanol–water partition coefficient (Wildman–Crippen LogP) is 2.10. The molecule has 0 saturated carbocycles. The normalized spacial score (nSPS) is 17.9. The predicted molar refractivity (Wildman–Crippen MR) is 81.0 cm³/mol. The van der Waals surface area contributed by atoms with Gasteiger partial charge in [0.05, 0.1) is 4.47 Å². The smallest absolute Gasteiger partial charge is 0.133 e.